The molecular formula is C9H9N3O2. The summed E-state index contributed by atoms with van der Waals surface area (Å²) in [5.74, 6) is -0.443. The number of aromatic nitrogens is 3. The van der Waals surface area contributed by atoms with E-state index in [2.05, 4.69) is 19.9 Å². The number of H-pyrrole nitrogens is 1. The normalized spacial score (nSPS) is 10.4. The number of nitrogens with one attached hydrogen (secondary N) is 1. The molecule has 0 aliphatic heterocycles. The van der Waals surface area contributed by atoms with Crippen molar-refractivity contribution in [2.75, 3.05) is 7.11 Å². The molecule has 0 saturated carbocycles. The average molecular weight is 191 g/mol. The van der Waals surface area contributed by atoms with Crippen LogP contribution < -0.4 is 0 Å². The minimum absolute atomic E-state index is 0.299. The van der Waals surface area contributed by atoms with E-state index in [1.165, 1.54) is 7.11 Å². The Morgan fingerprint density at radius 2 is 2.36 bits per heavy atom. The maximum Gasteiger partial charge on any atom is 0.359 e. The molecule has 72 valence electrons. The highest BCUT2D eigenvalue weighted by atomic mass is 16.5. The van der Waals surface area contributed by atoms with Crippen LogP contribution in [0.25, 0.3) is 10.9 Å². The summed E-state index contributed by atoms with van der Waals surface area (Å²) < 4.78 is 4.60. The van der Waals surface area contributed by atoms with Gasteiger partial charge in [0.2, 0.25) is 0 Å². The molecule has 2 rings (SSSR count). The van der Waals surface area contributed by atoms with Crippen LogP contribution in [0.2, 0.25) is 0 Å². The van der Waals surface area contributed by atoms with Crippen LogP contribution in [0.5, 0.6) is 0 Å². The second kappa shape index (κ2) is 3.10. The third-order valence-corrected chi connectivity index (χ3v) is 1.96. The lowest BCUT2D eigenvalue weighted by molar-refractivity contribution is 0.0596. The Labute approximate surface area is 80.1 Å². The number of hydrogen-bond acceptors (Lipinski definition) is 4. The van der Waals surface area contributed by atoms with Crippen LogP contribution in [0.3, 0.4) is 0 Å². The van der Waals surface area contributed by atoms with Crippen LogP contribution in [-0.2, 0) is 4.74 Å². The molecule has 0 bridgehead atoms. The lowest BCUT2D eigenvalue weighted by Gasteiger charge is -1.95. The van der Waals surface area contributed by atoms with Crippen molar-refractivity contribution in [3.8, 4) is 0 Å². The minimum atomic E-state index is -0.443. The number of rotatable bonds is 1. The Morgan fingerprint density at radius 1 is 1.57 bits per heavy atom. The molecule has 0 unspecified atom stereocenters. The summed E-state index contributed by atoms with van der Waals surface area (Å²) >= 11 is 0. The van der Waals surface area contributed by atoms with Gasteiger partial charge in [-0.05, 0) is 13.0 Å². The third kappa shape index (κ3) is 1.22. The number of hydrogen-bond donors (Lipinski definition) is 1. The van der Waals surface area contributed by atoms with E-state index in [1.807, 2.05) is 6.92 Å². The Bertz CT molecular complexity index is 490. The predicted octanol–water partition coefficient (Wildman–Crippen LogP) is 1.05. The van der Waals surface area contributed by atoms with Crippen molar-refractivity contribution in [1.29, 1.82) is 0 Å². The summed E-state index contributed by atoms with van der Waals surface area (Å²) in [6.07, 6.45) is 1.64. The van der Waals surface area contributed by atoms with Gasteiger partial charge in [-0.3, -0.25) is 10.1 Å². The van der Waals surface area contributed by atoms with Crippen LogP contribution in [-0.4, -0.2) is 28.3 Å². The number of nitrogens with zero attached hydrogens (tertiary/aromatic N) is 2. The average Bonchev–Trinajstić information content (AvgIpc) is 2.59. The molecule has 0 aliphatic carbocycles. The largest absolute Gasteiger partial charge is 0.464 e. The van der Waals surface area contributed by atoms with E-state index in [4.69, 9.17) is 0 Å². The van der Waals surface area contributed by atoms with E-state index in [0.717, 1.165) is 16.6 Å². The van der Waals surface area contributed by atoms with E-state index in [1.54, 1.807) is 12.3 Å². The first-order valence-electron chi connectivity index (χ1n) is 4.11. The third-order valence-electron chi connectivity index (χ3n) is 1.96. The number of fused-ring (bicyclic) bond motifs is 1. The van der Waals surface area contributed by atoms with Crippen LogP contribution in [0.15, 0.2) is 12.3 Å². The SMILES string of the molecule is COC(=O)c1n[nH]c2cnc(C)cc12. The Balaban J connectivity index is 2.67. The van der Waals surface area contributed by atoms with Gasteiger partial charge < -0.3 is 4.74 Å². The molecule has 1 N–H and O–H groups in total. The lowest BCUT2D eigenvalue weighted by Crippen LogP contribution is -2.02. The van der Waals surface area contributed by atoms with Crippen molar-refractivity contribution in [3.63, 3.8) is 0 Å². The van der Waals surface area contributed by atoms with Crippen LogP contribution in [0.1, 0.15) is 16.2 Å². The van der Waals surface area contributed by atoms with E-state index >= 15 is 0 Å². The fourth-order valence-corrected chi connectivity index (χ4v) is 1.27. The van der Waals surface area contributed by atoms with Gasteiger partial charge in [0.05, 0.1) is 18.8 Å². The first kappa shape index (κ1) is 8.68. The standard InChI is InChI=1S/C9H9N3O2/c1-5-3-6-7(4-10-5)11-12-8(6)9(13)14-2/h3-4H,1-2H3,(H,11,12). The van der Waals surface area contributed by atoms with Crippen LogP contribution in [0, 0.1) is 6.92 Å². The van der Waals surface area contributed by atoms with Crippen molar-refractivity contribution in [3.05, 3.63) is 23.7 Å². The maximum absolute atomic E-state index is 11.3. The van der Waals surface area contributed by atoms with Crippen molar-refractivity contribution < 1.29 is 9.53 Å². The van der Waals surface area contributed by atoms with Crippen molar-refractivity contribution >= 4 is 16.9 Å². The smallest absolute Gasteiger partial charge is 0.359 e. The van der Waals surface area contributed by atoms with Crippen LogP contribution >= 0.6 is 0 Å². The first-order chi connectivity index (χ1) is 6.72. The molecule has 0 aliphatic rings. The lowest BCUT2D eigenvalue weighted by atomic mass is 10.2. The highest BCUT2D eigenvalue weighted by Gasteiger charge is 2.14. The zero-order valence-corrected chi connectivity index (χ0v) is 7.87. The highest BCUT2D eigenvalue weighted by Crippen LogP contribution is 2.16. The molecule has 14 heavy (non-hydrogen) atoms. The van der Waals surface area contributed by atoms with Gasteiger partial charge in [-0.2, -0.15) is 5.10 Å². The first-order valence-corrected chi connectivity index (χ1v) is 4.11. The molecule has 2 aromatic rings. The van der Waals surface area contributed by atoms with Gasteiger partial charge in [-0.1, -0.05) is 0 Å². The van der Waals surface area contributed by atoms with E-state index in [0.29, 0.717) is 5.69 Å². The van der Waals surface area contributed by atoms with Gasteiger partial charge in [-0.25, -0.2) is 4.79 Å². The number of pyridine rings is 1. The van der Waals surface area contributed by atoms with Crippen molar-refractivity contribution in [2.24, 2.45) is 0 Å². The van der Waals surface area contributed by atoms with Gasteiger partial charge in [0, 0.05) is 11.1 Å². The number of ether oxygens (including phenoxy) is 1. The summed E-state index contributed by atoms with van der Waals surface area (Å²) in [4.78, 5) is 15.4. The molecular weight excluding hydrogens is 182 g/mol. The summed E-state index contributed by atoms with van der Waals surface area (Å²) in [5.41, 5.74) is 1.87. The maximum atomic E-state index is 11.3. The molecule has 0 fully saturated rings. The topological polar surface area (TPSA) is 67.9 Å². The molecule has 0 amide bonds. The Morgan fingerprint density at radius 3 is 3.07 bits per heavy atom. The molecule has 0 spiro atoms. The molecule has 2 heterocycles. The summed E-state index contributed by atoms with van der Waals surface area (Å²) in [6.45, 7) is 1.85. The van der Waals surface area contributed by atoms with Crippen molar-refractivity contribution in [2.45, 2.75) is 6.92 Å². The van der Waals surface area contributed by atoms with Gasteiger partial charge in [0.25, 0.3) is 0 Å². The second-order valence-electron chi connectivity index (χ2n) is 2.94. The quantitative estimate of drug-likeness (QED) is 0.684. The van der Waals surface area contributed by atoms with E-state index in [9.17, 15) is 4.79 Å². The number of aryl methyl sites for hydroxylation is 1. The molecule has 5 heteroatoms. The summed E-state index contributed by atoms with van der Waals surface area (Å²) in [5, 5.41) is 7.33. The van der Waals surface area contributed by atoms with Gasteiger partial charge in [-0.15, -0.1) is 0 Å². The molecule has 0 atom stereocenters. The summed E-state index contributed by atoms with van der Waals surface area (Å²) in [6, 6.07) is 1.80. The van der Waals surface area contributed by atoms with E-state index in [-0.39, 0.29) is 0 Å². The van der Waals surface area contributed by atoms with Gasteiger partial charge in [0.15, 0.2) is 5.69 Å². The molecule has 2 aromatic heterocycles. The molecule has 0 saturated heterocycles. The van der Waals surface area contributed by atoms with Gasteiger partial charge >= 0.3 is 5.97 Å². The monoisotopic (exact) mass is 191 g/mol. The number of carbonyl (C=O) groups is 1. The fraction of sp³-hybridized carbons (Fsp3) is 0.222. The number of esters is 1. The molecule has 0 aromatic carbocycles. The summed E-state index contributed by atoms with van der Waals surface area (Å²) in [7, 11) is 1.33. The van der Waals surface area contributed by atoms with E-state index < -0.39 is 5.97 Å². The van der Waals surface area contributed by atoms with Gasteiger partial charge in [0.1, 0.15) is 0 Å². The highest BCUT2D eigenvalue weighted by molar-refractivity contribution is 6.01. The predicted molar refractivity (Wildman–Crippen MR) is 50.0 cm³/mol. The van der Waals surface area contributed by atoms with Crippen molar-refractivity contribution in [1.82, 2.24) is 15.2 Å². The molecule has 0 radical (unpaired) electrons. The number of carbonyl (C=O) groups excluding carboxylic acids is 1. The zero-order valence-electron chi connectivity index (χ0n) is 7.87. The molecule has 5 nitrogen and oxygen atoms in total. The number of methoxy groups -OCH3 is 1. The fourth-order valence-electron chi connectivity index (χ4n) is 1.27. The number of aromatic amines is 1. The minimum Gasteiger partial charge on any atom is -0.464 e. The second-order valence-corrected chi connectivity index (χ2v) is 2.94. The zero-order chi connectivity index (χ0) is 10.1. The van der Waals surface area contributed by atoms with Crippen LogP contribution in [0.4, 0.5) is 0 Å². The Hall–Kier alpha value is -1.91. The Kier molecular flexibility index (Phi) is 1.92.